The number of nitrogens with zero attached hydrogens (tertiary/aromatic N) is 5. The van der Waals surface area contributed by atoms with Crippen LogP contribution in [0.3, 0.4) is 0 Å². The van der Waals surface area contributed by atoms with Crippen molar-refractivity contribution in [1.29, 1.82) is 0 Å². The van der Waals surface area contributed by atoms with E-state index < -0.39 is 0 Å². The van der Waals surface area contributed by atoms with Crippen molar-refractivity contribution in [2.45, 2.75) is 13.8 Å². The highest BCUT2D eigenvalue weighted by Crippen LogP contribution is 2.36. The topological polar surface area (TPSA) is 46.8 Å². The van der Waals surface area contributed by atoms with Gasteiger partial charge in [0.05, 0.1) is 16.7 Å². The molecular formula is C49H37N5. The molecule has 0 aliphatic heterocycles. The van der Waals surface area contributed by atoms with Gasteiger partial charge in [0, 0.05) is 51.8 Å². The van der Waals surface area contributed by atoms with Crippen molar-refractivity contribution in [3.8, 4) is 50.7 Å². The standard InChI is InChI=1S/C49H37N5/c1-34-12-24-42(25-13-34)53(43-26-14-35(2)15-27-43)44-28-20-37(21-29-44)36-16-18-38(19-17-36)45-30-22-39(32-50-45)40-23-31-47(51-33-40)49-52-46-10-6-7-11-48(46)54(49)41-8-4-3-5-9-41/h3-33H,1-2H3. The van der Waals surface area contributed by atoms with Gasteiger partial charge in [0.15, 0.2) is 5.82 Å². The van der Waals surface area contributed by atoms with Gasteiger partial charge in [-0.25, -0.2) is 4.98 Å². The summed E-state index contributed by atoms with van der Waals surface area (Å²) in [6.45, 7) is 4.24. The molecule has 9 rings (SSSR count). The Morgan fingerprint density at radius 3 is 1.43 bits per heavy atom. The van der Waals surface area contributed by atoms with E-state index in [2.05, 4.69) is 157 Å². The molecule has 3 heterocycles. The van der Waals surface area contributed by atoms with Crippen LogP contribution in [-0.2, 0) is 0 Å². The Labute approximate surface area is 315 Å². The fraction of sp³-hybridized carbons (Fsp3) is 0.0408. The fourth-order valence-electron chi connectivity index (χ4n) is 6.94. The van der Waals surface area contributed by atoms with Gasteiger partial charge in [0.1, 0.15) is 5.69 Å². The molecule has 5 heteroatoms. The molecule has 0 aliphatic carbocycles. The van der Waals surface area contributed by atoms with E-state index in [-0.39, 0.29) is 0 Å². The van der Waals surface area contributed by atoms with Gasteiger partial charge in [0.2, 0.25) is 0 Å². The summed E-state index contributed by atoms with van der Waals surface area (Å²) in [5.74, 6) is 0.813. The number of pyridine rings is 2. The van der Waals surface area contributed by atoms with Crippen molar-refractivity contribution in [3.05, 3.63) is 199 Å². The average Bonchev–Trinajstić information content (AvgIpc) is 3.63. The summed E-state index contributed by atoms with van der Waals surface area (Å²) in [5, 5.41) is 0. The van der Waals surface area contributed by atoms with Crippen LogP contribution in [0.4, 0.5) is 17.1 Å². The second-order valence-electron chi connectivity index (χ2n) is 13.6. The lowest BCUT2D eigenvalue weighted by molar-refractivity contribution is 1.08. The fourth-order valence-corrected chi connectivity index (χ4v) is 6.94. The predicted octanol–water partition coefficient (Wildman–Crippen LogP) is 12.6. The Morgan fingerprint density at radius 2 is 0.870 bits per heavy atom. The smallest absolute Gasteiger partial charge is 0.164 e. The van der Waals surface area contributed by atoms with E-state index in [0.717, 1.165) is 78.8 Å². The number of rotatable bonds is 8. The van der Waals surface area contributed by atoms with Gasteiger partial charge in [-0.1, -0.05) is 114 Å². The second kappa shape index (κ2) is 14.1. The van der Waals surface area contributed by atoms with Gasteiger partial charge in [-0.05, 0) is 97.8 Å². The van der Waals surface area contributed by atoms with Gasteiger partial charge < -0.3 is 4.90 Å². The van der Waals surface area contributed by atoms with Gasteiger partial charge in [0.25, 0.3) is 0 Å². The first-order valence-corrected chi connectivity index (χ1v) is 18.2. The van der Waals surface area contributed by atoms with Crippen LogP contribution in [-0.4, -0.2) is 19.5 Å². The molecule has 0 fully saturated rings. The minimum Gasteiger partial charge on any atom is -0.311 e. The third kappa shape index (κ3) is 6.44. The molecule has 3 aromatic heterocycles. The third-order valence-electron chi connectivity index (χ3n) is 9.89. The molecule has 0 amide bonds. The number of aromatic nitrogens is 4. The number of anilines is 3. The molecular weight excluding hydrogens is 659 g/mol. The Balaban J connectivity index is 0.927. The molecule has 258 valence electrons. The minimum absolute atomic E-state index is 0.813. The van der Waals surface area contributed by atoms with E-state index in [1.54, 1.807) is 0 Å². The van der Waals surface area contributed by atoms with Crippen LogP contribution in [0, 0.1) is 13.8 Å². The lowest BCUT2D eigenvalue weighted by Gasteiger charge is -2.26. The summed E-state index contributed by atoms with van der Waals surface area (Å²) in [5.41, 5.74) is 16.1. The first-order chi connectivity index (χ1) is 26.6. The molecule has 6 aromatic carbocycles. The van der Waals surface area contributed by atoms with Crippen molar-refractivity contribution < 1.29 is 0 Å². The molecule has 9 aromatic rings. The molecule has 0 N–H and O–H groups in total. The molecule has 0 bridgehead atoms. The number of hydrogen-bond acceptors (Lipinski definition) is 4. The summed E-state index contributed by atoms with van der Waals surface area (Å²) in [4.78, 5) is 17.0. The number of fused-ring (bicyclic) bond motifs is 1. The van der Waals surface area contributed by atoms with Gasteiger partial charge >= 0.3 is 0 Å². The zero-order valence-electron chi connectivity index (χ0n) is 30.1. The van der Waals surface area contributed by atoms with Crippen molar-refractivity contribution in [2.75, 3.05) is 4.90 Å². The van der Waals surface area contributed by atoms with E-state index in [1.807, 2.05) is 54.9 Å². The first-order valence-electron chi connectivity index (χ1n) is 18.2. The van der Waals surface area contributed by atoms with Crippen LogP contribution in [0.5, 0.6) is 0 Å². The van der Waals surface area contributed by atoms with Crippen LogP contribution < -0.4 is 4.90 Å². The van der Waals surface area contributed by atoms with Crippen molar-refractivity contribution in [1.82, 2.24) is 19.5 Å². The van der Waals surface area contributed by atoms with Crippen LogP contribution in [0.1, 0.15) is 11.1 Å². The van der Waals surface area contributed by atoms with E-state index in [0.29, 0.717) is 0 Å². The van der Waals surface area contributed by atoms with Crippen molar-refractivity contribution in [3.63, 3.8) is 0 Å². The maximum absolute atomic E-state index is 4.96. The molecule has 0 radical (unpaired) electrons. The highest BCUT2D eigenvalue weighted by atomic mass is 15.1. The highest BCUT2D eigenvalue weighted by molar-refractivity contribution is 5.83. The number of para-hydroxylation sites is 3. The average molecular weight is 696 g/mol. The molecule has 0 spiro atoms. The van der Waals surface area contributed by atoms with Crippen LogP contribution >= 0.6 is 0 Å². The molecule has 0 saturated carbocycles. The lowest BCUT2D eigenvalue weighted by Crippen LogP contribution is -2.09. The minimum atomic E-state index is 0.813. The first kappa shape index (κ1) is 32.8. The second-order valence-corrected chi connectivity index (χ2v) is 13.6. The Bertz CT molecular complexity index is 2620. The summed E-state index contributed by atoms with van der Waals surface area (Å²) in [7, 11) is 0. The Hall–Kier alpha value is -7.11. The van der Waals surface area contributed by atoms with Crippen LogP contribution in [0.2, 0.25) is 0 Å². The molecule has 0 aliphatic rings. The number of benzene rings is 6. The van der Waals surface area contributed by atoms with Gasteiger partial charge in [-0.15, -0.1) is 0 Å². The summed E-state index contributed by atoms with van der Waals surface area (Å²) in [6.07, 6.45) is 3.83. The van der Waals surface area contributed by atoms with E-state index in [9.17, 15) is 0 Å². The third-order valence-corrected chi connectivity index (χ3v) is 9.89. The maximum Gasteiger partial charge on any atom is 0.164 e. The van der Waals surface area contributed by atoms with Crippen molar-refractivity contribution >= 4 is 28.1 Å². The monoisotopic (exact) mass is 695 g/mol. The molecule has 5 nitrogen and oxygen atoms in total. The van der Waals surface area contributed by atoms with Crippen LogP contribution in [0.25, 0.3) is 61.8 Å². The number of imidazole rings is 1. The van der Waals surface area contributed by atoms with Crippen molar-refractivity contribution in [2.24, 2.45) is 0 Å². The lowest BCUT2D eigenvalue weighted by atomic mass is 10.0. The van der Waals surface area contributed by atoms with E-state index in [4.69, 9.17) is 15.0 Å². The number of hydrogen-bond donors (Lipinski definition) is 0. The predicted molar refractivity (Wildman–Crippen MR) is 223 cm³/mol. The molecule has 54 heavy (non-hydrogen) atoms. The van der Waals surface area contributed by atoms with E-state index >= 15 is 0 Å². The summed E-state index contributed by atoms with van der Waals surface area (Å²) >= 11 is 0. The Kier molecular flexibility index (Phi) is 8.58. The zero-order chi connectivity index (χ0) is 36.4. The maximum atomic E-state index is 4.96. The zero-order valence-corrected chi connectivity index (χ0v) is 30.1. The van der Waals surface area contributed by atoms with Gasteiger partial charge in [-0.2, -0.15) is 0 Å². The van der Waals surface area contributed by atoms with Gasteiger partial charge in [-0.3, -0.25) is 14.5 Å². The summed E-state index contributed by atoms with van der Waals surface area (Å²) in [6, 6.07) is 61.6. The molecule has 0 atom stereocenters. The Morgan fingerprint density at radius 1 is 0.407 bits per heavy atom. The SMILES string of the molecule is Cc1ccc(N(c2ccc(C)cc2)c2ccc(-c3ccc(-c4ccc(-c5ccc(-c6nc7ccccc7n6-c6ccccc6)nc5)cn4)cc3)cc2)cc1. The molecule has 0 unspecified atom stereocenters. The highest BCUT2D eigenvalue weighted by Gasteiger charge is 2.16. The molecule has 0 saturated heterocycles. The normalized spacial score (nSPS) is 11.1. The number of aryl methyl sites for hydroxylation is 2. The largest absolute Gasteiger partial charge is 0.311 e. The quantitative estimate of drug-likeness (QED) is 0.159. The summed E-state index contributed by atoms with van der Waals surface area (Å²) < 4.78 is 2.17. The van der Waals surface area contributed by atoms with Crippen LogP contribution in [0.15, 0.2) is 188 Å². The van der Waals surface area contributed by atoms with E-state index in [1.165, 1.54) is 11.1 Å².